The summed E-state index contributed by atoms with van der Waals surface area (Å²) in [5.41, 5.74) is 0.266. The van der Waals surface area contributed by atoms with Gasteiger partial charge in [-0.3, -0.25) is 9.29 Å². The average molecular weight is 230 g/mol. The summed E-state index contributed by atoms with van der Waals surface area (Å²) in [7, 11) is 0. The summed E-state index contributed by atoms with van der Waals surface area (Å²) >= 11 is 0. The molecule has 1 heterocycles. The van der Waals surface area contributed by atoms with Crippen LogP contribution in [0.3, 0.4) is 0 Å². The van der Waals surface area contributed by atoms with Crippen LogP contribution < -0.4 is 5.32 Å². The maximum absolute atomic E-state index is 12.3. The van der Waals surface area contributed by atoms with Gasteiger partial charge in [-0.15, -0.1) is 0 Å². The van der Waals surface area contributed by atoms with Crippen molar-refractivity contribution in [1.82, 2.24) is 10.2 Å². The van der Waals surface area contributed by atoms with Gasteiger partial charge in [-0.25, -0.2) is 0 Å². The van der Waals surface area contributed by atoms with Gasteiger partial charge in [0.05, 0.1) is 6.67 Å². The number of nitrogens with one attached hydrogen (secondary N) is 1. The van der Waals surface area contributed by atoms with Crippen LogP contribution in [-0.4, -0.2) is 42.8 Å². The molecule has 96 valence electrons. The van der Waals surface area contributed by atoms with E-state index in [1.807, 2.05) is 0 Å². The number of piperazine rings is 1. The van der Waals surface area contributed by atoms with E-state index >= 15 is 0 Å². The van der Waals surface area contributed by atoms with Crippen molar-refractivity contribution in [3.8, 4) is 0 Å². The van der Waals surface area contributed by atoms with Gasteiger partial charge < -0.3 is 5.32 Å². The van der Waals surface area contributed by atoms with Crippen molar-refractivity contribution in [1.29, 1.82) is 0 Å². The van der Waals surface area contributed by atoms with E-state index in [0.29, 0.717) is 12.5 Å². The van der Waals surface area contributed by atoms with E-state index in [0.717, 1.165) is 38.9 Å². The third-order valence-corrected chi connectivity index (χ3v) is 4.14. The van der Waals surface area contributed by atoms with Crippen molar-refractivity contribution in [3.63, 3.8) is 0 Å². The average Bonchev–Trinajstić information content (AvgIpc) is 2.35. The van der Waals surface area contributed by atoms with E-state index < -0.39 is 0 Å². The Morgan fingerprint density at radius 1 is 1.31 bits per heavy atom. The summed E-state index contributed by atoms with van der Waals surface area (Å²) in [6.07, 6.45) is 4.15. The zero-order valence-corrected chi connectivity index (χ0v) is 11.1. The number of hydrogen-bond donors (Lipinski definition) is 1. The predicted molar refractivity (Wildman–Crippen MR) is 67.6 cm³/mol. The van der Waals surface area contributed by atoms with Crippen LogP contribution in [0.1, 0.15) is 46.5 Å². The van der Waals surface area contributed by atoms with Crippen LogP contribution in [-0.2, 0) is 0 Å². The fourth-order valence-corrected chi connectivity index (χ4v) is 2.69. The van der Waals surface area contributed by atoms with Crippen molar-refractivity contribution >= 4 is 0 Å². The largest absolute Gasteiger partial charge is 0.308 e. The molecule has 0 aromatic heterocycles. The summed E-state index contributed by atoms with van der Waals surface area (Å²) in [5.74, 6) is 0. The molecular formula is C13H27FN2. The van der Waals surface area contributed by atoms with Gasteiger partial charge in [0.1, 0.15) is 0 Å². The molecule has 3 heteroatoms. The molecule has 0 amide bonds. The van der Waals surface area contributed by atoms with E-state index in [4.69, 9.17) is 0 Å². The Balaban J connectivity index is 2.60. The molecule has 1 rings (SSSR count). The van der Waals surface area contributed by atoms with Crippen LogP contribution in [0.4, 0.5) is 4.39 Å². The Labute approximate surface area is 99.6 Å². The molecule has 1 aliphatic rings. The van der Waals surface area contributed by atoms with Crippen molar-refractivity contribution in [2.75, 3.05) is 26.3 Å². The fourth-order valence-electron chi connectivity index (χ4n) is 2.69. The van der Waals surface area contributed by atoms with Gasteiger partial charge in [0.15, 0.2) is 0 Å². The minimum atomic E-state index is -0.189. The van der Waals surface area contributed by atoms with E-state index in [9.17, 15) is 4.39 Å². The van der Waals surface area contributed by atoms with E-state index in [1.165, 1.54) is 0 Å². The fraction of sp³-hybridized carbons (Fsp3) is 1.00. The lowest BCUT2D eigenvalue weighted by Crippen LogP contribution is -2.63. The maximum atomic E-state index is 12.3. The number of rotatable bonds is 6. The van der Waals surface area contributed by atoms with Crippen LogP contribution in [0.2, 0.25) is 0 Å². The van der Waals surface area contributed by atoms with Gasteiger partial charge in [0, 0.05) is 31.2 Å². The van der Waals surface area contributed by atoms with Crippen molar-refractivity contribution in [2.45, 2.75) is 58.0 Å². The molecule has 0 aliphatic carbocycles. The Kier molecular flexibility index (Phi) is 5.70. The van der Waals surface area contributed by atoms with Crippen molar-refractivity contribution in [2.24, 2.45) is 0 Å². The number of nitrogens with zero attached hydrogens (tertiary/aromatic N) is 1. The summed E-state index contributed by atoms with van der Waals surface area (Å²) < 4.78 is 12.3. The first kappa shape index (κ1) is 13.9. The Morgan fingerprint density at radius 2 is 2.00 bits per heavy atom. The molecule has 1 aliphatic heterocycles. The molecule has 1 fully saturated rings. The second kappa shape index (κ2) is 6.55. The molecule has 2 nitrogen and oxygen atoms in total. The van der Waals surface area contributed by atoms with Gasteiger partial charge in [-0.05, 0) is 25.7 Å². The van der Waals surface area contributed by atoms with Crippen molar-refractivity contribution < 1.29 is 4.39 Å². The molecular weight excluding hydrogens is 203 g/mol. The third-order valence-electron chi connectivity index (χ3n) is 4.14. The first-order chi connectivity index (χ1) is 7.71. The highest BCUT2D eigenvalue weighted by Crippen LogP contribution is 2.23. The normalized spacial score (nSPS) is 25.9. The minimum Gasteiger partial charge on any atom is -0.308 e. The molecule has 0 bridgehead atoms. The van der Waals surface area contributed by atoms with E-state index in [-0.39, 0.29) is 12.2 Å². The second-order valence-corrected chi connectivity index (χ2v) is 4.94. The maximum Gasteiger partial charge on any atom is 0.0906 e. The monoisotopic (exact) mass is 230 g/mol. The lowest BCUT2D eigenvalue weighted by molar-refractivity contribution is 0.0681. The Hall–Kier alpha value is -0.150. The summed E-state index contributed by atoms with van der Waals surface area (Å²) in [6, 6.07) is 0.595. The van der Waals surface area contributed by atoms with Crippen LogP contribution in [0, 0.1) is 0 Å². The first-order valence-electron chi connectivity index (χ1n) is 6.76. The highest BCUT2D eigenvalue weighted by Gasteiger charge is 2.35. The van der Waals surface area contributed by atoms with Gasteiger partial charge in [-0.1, -0.05) is 20.8 Å². The predicted octanol–water partition coefficient (Wildman–Crippen LogP) is 2.59. The lowest BCUT2D eigenvalue weighted by Gasteiger charge is -2.47. The highest BCUT2D eigenvalue weighted by molar-refractivity contribution is 4.96. The number of halogens is 1. The second-order valence-electron chi connectivity index (χ2n) is 4.94. The summed E-state index contributed by atoms with van der Waals surface area (Å²) in [4.78, 5) is 2.49. The Bertz CT molecular complexity index is 192. The Morgan fingerprint density at radius 3 is 2.50 bits per heavy atom. The molecule has 0 aromatic rings. The molecule has 16 heavy (non-hydrogen) atoms. The minimum absolute atomic E-state index is 0.189. The molecule has 0 spiro atoms. The molecule has 0 saturated carbocycles. The zero-order chi connectivity index (χ0) is 12.0. The van der Waals surface area contributed by atoms with Gasteiger partial charge in [-0.2, -0.15) is 0 Å². The quantitative estimate of drug-likeness (QED) is 0.754. The molecule has 1 N–H and O–H groups in total. The summed E-state index contributed by atoms with van der Waals surface area (Å²) in [6.45, 7) is 9.58. The highest BCUT2D eigenvalue weighted by atomic mass is 19.1. The van der Waals surface area contributed by atoms with Crippen molar-refractivity contribution in [3.05, 3.63) is 0 Å². The smallest absolute Gasteiger partial charge is 0.0906 e. The number of alkyl halides is 1. The van der Waals surface area contributed by atoms with Crippen LogP contribution >= 0.6 is 0 Å². The van der Waals surface area contributed by atoms with Crippen LogP contribution in [0.15, 0.2) is 0 Å². The van der Waals surface area contributed by atoms with Crippen LogP contribution in [0.5, 0.6) is 0 Å². The molecule has 1 atom stereocenters. The molecule has 0 aromatic carbocycles. The van der Waals surface area contributed by atoms with E-state index in [1.54, 1.807) is 0 Å². The number of hydrogen-bond acceptors (Lipinski definition) is 2. The molecule has 0 radical (unpaired) electrons. The van der Waals surface area contributed by atoms with Gasteiger partial charge >= 0.3 is 0 Å². The SMILES string of the molecule is CCC1CNC(CC)(CC)CN1CCCF. The first-order valence-corrected chi connectivity index (χ1v) is 6.76. The lowest BCUT2D eigenvalue weighted by atomic mass is 9.88. The van der Waals surface area contributed by atoms with Crippen LogP contribution in [0.25, 0.3) is 0 Å². The van der Waals surface area contributed by atoms with Gasteiger partial charge in [0.25, 0.3) is 0 Å². The zero-order valence-electron chi connectivity index (χ0n) is 11.1. The molecule has 1 unspecified atom stereocenters. The van der Waals surface area contributed by atoms with E-state index in [2.05, 4.69) is 31.0 Å². The third kappa shape index (κ3) is 3.17. The topological polar surface area (TPSA) is 15.3 Å². The molecule has 1 saturated heterocycles. The standard InChI is InChI=1S/C13H27FN2/c1-4-12-10-15-13(5-2,6-3)11-16(12)9-7-8-14/h12,15H,4-11H2,1-3H3. The summed E-state index contributed by atoms with van der Waals surface area (Å²) in [5, 5.41) is 3.70. The van der Waals surface area contributed by atoms with Gasteiger partial charge in [0.2, 0.25) is 0 Å².